The molecule has 0 aromatic heterocycles. The molecule has 0 saturated carbocycles. The van der Waals surface area contributed by atoms with Gasteiger partial charge in [0, 0.05) is 6.26 Å². The van der Waals surface area contributed by atoms with Gasteiger partial charge in [-0.3, -0.25) is 0 Å². The lowest BCUT2D eigenvalue weighted by Crippen LogP contribution is -1.95. The molecule has 0 aliphatic heterocycles. The molecule has 0 N–H and O–H groups in total. The summed E-state index contributed by atoms with van der Waals surface area (Å²) in [6.07, 6.45) is 2.62. The van der Waals surface area contributed by atoms with Crippen LogP contribution in [0.1, 0.15) is 0 Å². The highest BCUT2D eigenvalue weighted by Crippen LogP contribution is 2.16. The van der Waals surface area contributed by atoms with Gasteiger partial charge in [-0.1, -0.05) is 5.11 Å². The number of azo groups is 1. The van der Waals surface area contributed by atoms with E-state index in [9.17, 15) is 8.42 Å². The first-order valence-corrected chi connectivity index (χ1v) is 5.53. The average molecular weight is 209 g/mol. The lowest BCUT2D eigenvalue weighted by molar-refractivity contribution is 0.602. The Kier molecular flexibility index (Phi) is 2.94. The molecule has 72 valence electrons. The lowest BCUT2D eigenvalue weighted by Gasteiger charge is -1.96. The summed E-state index contributed by atoms with van der Waals surface area (Å²) in [5.41, 5.74) is 0.443. The van der Waals surface area contributed by atoms with Crippen LogP contribution in [0.5, 0.6) is 0 Å². The van der Waals surface area contributed by atoms with Crippen molar-refractivity contribution in [3.63, 3.8) is 0 Å². The molecular formula is C8H7N3O2S. The SMILES string of the molecule is CS(=O)(=O)c1ccc(N=NC#N)cc1. The van der Waals surface area contributed by atoms with E-state index >= 15 is 0 Å². The maximum Gasteiger partial charge on any atom is 0.226 e. The molecule has 0 saturated heterocycles. The van der Waals surface area contributed by atoms with Crippen LogP contribution in [0.25, 0.3) is 0 Å². The third-order valence-electron chi connectivity index (χ3n) is 1.48. The fraction of sp³-hybridized carbons (Fsp3) is 0.125. The van der Waals surface area contributed by atoms with Gasteiger partial charge in [-0.25, -0.2) is 8.42 Å². The van der Waals surface area contributed by atoms with Gasteiger partial charge in [-0.15, -0.1) is 5.11 Å². The van der Waals surface area contributed by atoms with E-state index in [2.05, 4.69) is 10.2 Å². The van der Waals surface area contributed by atoms with Crippen LogP contribution in [0.2, 0.25) is 0 Å². The third-order valence-corrected chi connectivity index (χ3v) is 2.60. The molecule has 14 heavy (non-hydrogen) atoms. The van der Waals surface area contributed by atoms with Gasteiger partial charge in [-0.05, 0) is 24.3 Å². The second-order valence-corrected chi connectivity index (χ2v) is 4.58. The molecule has 1 aromatic carbocycles. The van der Waals surface area contributed by atoms with Crippen molar-refractivity contribution >= 4 is 15.5 Å². The highest BCUT2D eigenvalue weighted by molar-refractivity contribution is 7.90. The predicted molar refractivity (Wildman–Crippen MR) is 49.7 cm³/mol. The van der Waals surface area contributed by atoms with Crippen LogP contribution < -0.4 is 0 Å². The van der Waals surface area contributed by atoms with Crippen LogP contribution in [-0.4, -0.2) is 14.7 Å². The average Bonchev–Trinajstić information content (AvgIpc) is 2.14. The minimum Gasteiger partial charge on any atom is -0.224 e. The molecule has 1 aromatic rings. The summed E-state index contributed by atoms with van der Waals surface area (Å²) >= 11 is 0. The number of nitrogens with zero attached hydrogens (tertiary/aromatic N) is 3. The van der Waals surface area contributed by atoms with Gasteiger partial charge >= 0.3 is 0 Å². The Morgan fingerprint density at radius 1 is 1.29 bits per heavy atom. The van der Waals surface area contributed by atoms with E-state index in [0.29, 0.717) is 5.69 Å². The van der Waals surface area contributed by atoms with Crippen LogP contribution in [0.4, 0.5) is 5.69 Å². The summed E-state index contributed by atoms with van der Waals surface area (Å²) in [6.45, 7) is 0. The summed E-state index contributed by atoms with van der Waals surface area (Å²) < 4.78 is 22.1. The molecule has 0 amide bonds. The van der Waals surface area contributed by atoms with Crippen molar-refractivity contribution < 1.29 is 8.42 Å². The van der Waals surface area contributed by atoms with Crippen molar-refractivity contribution in [3.05, 3.63) is 24.3 Å². The van der Waals surface area contributed by atoms with Crippen LogP contribution in [-0.2, 0) is 9.84 Å². The van der Waals surface area contributed by atoms with Crippen molar-refractivity contribution in [3.8, 4) is 6.19 Å². The second kappa shape index (κ2) is 3.98. The van der Waals surface area contributed by atoms with Gasteiger partial charge < -0.3 is 0 Å². The second-order valence-electron chi connectivity index (χ2n) is 2.57. The van der Waals surface area contributed by atoms with Crippen molar-refractivity contribution in [2.24, 2.45) is 10.2 Å². The number of hydrogen-bond acceptors (Lipinski definition) is 5. The van der Waals surface area contributed by atoms with Gasteiger partial charge in [0.2, 0.25) is 6.19 Å². The first kappa shape index (κ1) is 10.3. The highest BCUT2D eigenvalue weighted by Gasteiger charge is 2.05. The zero-order valence-electron chi connectivity index (χ0n) is 7.38. The third kappa shape index (κ3) is 2.64. The van der Waals surface area contributed by atoms with E-state index in [-0.39, 0.29) is 4.90 Å². The van der Waals surface area contributed by atoms with E-state index in [4.69, 9.17) is 5.26 Å². The molecule has 1 rings (SSSR count). The first-order chi connectivity index (χ1) is 6.54. The number of sulfone groups is 1. The summed E-state index contributed by atoms with van der Waals surface area (Å²) in [5, 5.41) is 14.7. The predicted octanol–water partition coefficient (Wildman–Crippen LogP) is 1.65. The maximum atomic E-state index is 11.1. The Balaban J connectivity index is 3.03. The van der Waals surface area contributed by atoms with Gasteiger partial charge in [0.1, 0.15) is 0 Å². The molecular weight excluding hydrogens is 202 g/mol. The van der Waals surface area contributed by atoms with Gasteiger partial charge in [0.25, 0.3) is 0 Å². The number of benzene rings is 1. The highest BCUT2D eigenvalue weighted by atomic mass is 32.2. The zero-order valence-corrected chi connectivity index (χ0v) is 8.19. The number of hydrogen-bond donors (Lipinski definition) is 0. The molecule has 0 atom stereocenters. The summed E-state index contributed by atoms with van der Waals surface area (Å²) in [4.78, 5) is 0.216. The van der Waals surface area contributed by atoms with Crippen LogP contribution in [0.15, 0.2) is 39.4 Å². The Hall–Kier alpha value is -1.74. The maximum absolute atomic E-state index is 11.1. The van der Waals surface area contributed by atoms with Crippen molar-refractivity contribution in [2.45, 2.75) is 4.90 Å². The number of rotatable bonds is 2. The van der Waals surface area contributed by atoms with Gasteiger partial charge in [0.05, 0.1) is 10.6 Å². The van der Waals surface area contributed by atoms with Crippen LogP contribution in [0.3, 0.4) is 0 Å². The molecule has 0 heterocycles. The molecule has 0 fully saturated rings. The van der Waals surface area contributed by atoms with E-state index in [1.54, 1.807) is 0 Å². The zero-order chi connectivity index (χ0) is 10.6. The Morgan fingerprint density at radius 2 is 1.86 bits per heavy atom. The smallest absolute Gasteiger partial charge is 0.224 e. The van der Waals surface area contributed by atoms with Crippen molar-refractivity contribution in [2.75, 3.05) is 6.26 Å². The van der Waals surface area contributed by atoms with Crippen molar-refractivity contribution in [1.82, 2.24) is 0 Å². The summed E-state index contributed by atoms with van der Waals surface area (Å²) in [7, 11) is -3.18. The Bertz CT molecular complexity index is 482. The first-order valence-electron chi connectivity index (χ1n) is 3.64. The fourth-order valence-electron chi connectivity index (χ4n) is 0.840. The Morgan fingerprint density at radius 3 is 2.29 bits per heavy atom. The van der Waals surface area contributed by atoms with Gasteiger partial charge in [-0.2, -0.15) is 5.26 Å². The molecule has 6 heteroatoms. The van der Waals surface area contributed by atoms with Crippen LogP contribution in [0, 0.1) is 11.5 Å². The molecule has 0 radical (unpaired) electrons. The summed E-state index contributed by atoms with van der Waals surface area (Å²) in [6, 6.07) is 5.80. The molecule has 0 unspecified atom stereocenters. The van der Waals surface area contributed by atoms with Crippen LogP contribution >= 0.6 is 0 Å². The van der Waals surface area contributed by atoms with E-state index in [1.165, 1.54) is 30.5 Å². The molecule has 0 spiro atoms. The molecule has 0 bridgehead atoms. The molecule has 5 nitrogen and oxygen atoms in total. The number of nitriles is 1. The summed E-state index contributed by atoms with van der Waals surface area (Å²) in [5.74, 6) is 0. The Labute approximate surface area is 81.6 Å². The van der Waals surface area contributed by atoms with E-state index in [0.717, 1.165) is 6.26 Å². The minimum atomic E-state index is -3.18. The van der Waals surface area contributed by atoms with E-state index in [1.807, 2.05) is 0 Å². The largest absolute Gasteiger partial charge is 0.226 e. The molecule has 0 aliphatic rings. The topological polar surface area (TPSA) is 82.7 Å². The quantitative estimate of drug-likeness (QED) is 0.548. The van der Waals surface area contributed by atoms with Gasteiger partial charge in [0.15, 0.2) is 9.84 Å². The molecule has 0 aliphatic carbocycles. The fourth-order valence-corrected chi connectivity index (χ4v) is 1.47. The standard InChI is InChI=1S/C8H7N3O2S/c1-14(12,13)8-4-2-7(3-5-8)11-10-6-9/h2-5H,1H3. The monoisotopic (exact) mass is 209 g/mol. The van der Waals surface area contributed by atoms with E-state index < -0.39 is 9.84 Å². The van der Waals surface area contributed by atoms with Crippen molar-refractivity contribution in [1.29, 1.82) is 5.26 Å². The minimum absolute atomic E-state index is 0.216. The normalized spacial score (nSPS) is 11.4. The lowest BCUT2D eigenvalue weighted by atomic mass is 10.3.